The predicted molar refractivity (Wildman–Crippen MR) is 157 cm³/mol. The van der Waals surface area contributed by atoms with Crippen molar-refractivity contribution < 1.29 is 40.5 Å². The van der Waals surface area contributed by atoms with Gasteiger partial charge in [-0.1, -0.05) is 18.2 Å². The molecule has 3 aromatic heterocycles. The molecule has 0 amide bonds. The molecule has 8 heteroatoms. The van der Waals surface area contributed by atoms with Crippen molar-refractivity contribution in [2.24, 2.45) is 0 Å². The van der Waals surface area contributed by atoms with Gasteiger partial charge in [0.15, 0.2) is 5.60 Å². The van der Waals surface area contributed by atoms with Crippen LogP contribution >= 0.6 is 0 Å². The molecule has 0 atom stereocenters. The first-order valence-corrected chi connectivity index (χ1v) is 14.2. The average molecular weight is 765 g/mol. The van der Waals surface area contributed by atoms with Gasteiger partial charge in [-0.05, 0) is 36.4 Å². The van der Waals surface area contributed by atoms with Gasteiger partial charge in [-0.2, -0.15) is 72.8 Å². The van der Waals surface area contributed by atoms with Crippen molar-refractivity contribution in [2.45, 2.75) is 22.4 Å². The molecule has 3 aromatic carbocycles. The van der Waals surface area contributed by atoms with E-state index in [0.29, 0.717) is 0 Å². The van der Waals surface area contributed by atoms with Crippen LogP contribution in [0.4, 0.5) is 0 Å². The molecule has 45 heavy (non-hydrogen) atoms. The van der Waals surface area contributed by atoms with E-state index >= 15 is 0 Å². The topological polar surface area (TPSA) is 120 Å². The van der Waals surface area contributed by atoms with Crippen LogP contribution in [0.15, 0.2) is 109 Å². The molecule has 1 aliphatic carbocycles. The third-order valence-electron chi connectivity index (χ3n) is 9.20. The van der Waals surface area contributed by atoms with Crippen LogP contribution in [0.2, 0.25) is 0 Å². The second kappa shape index (κ2) is 9.31. The van der Waals surface area contributed by atoms with Crippen molar-refractivity contribution in [3.63, 3.8) is 0 Å². The van der Waals surface area contributed by atoms with Crippen LogP contribution in [0, 0.1) is 18.2 Å². The van der Waals surface area contributed by atoms with Gasteiger partial charge in [0, 0.05) is 0 Å². The van der Waals surface area contributed by atoms with Crippen LogP contribution in [0.1, 0.15) is 67.5 Å². The van der Waals surface area contributed by atoms with E-state index in [1.165, 1.54) is 0 Å². The van der Waals surface area contributed by atoms with Gasteiger partial charge in [0.25, 0.3) is 0 Å². The molecule has 4 aliphatic rings. The minimum atomic E-state index is -2.06. The van der Waals surface area contributed by atoms with Gasteiger partial charge in [-0.3, -0.25) is 15.0 Å². The monoisotopic (exact) mass is 765 g/mol. The van der Waals surface area contributed by atoms with Gasteiger partial charge in [0.2, 0.25) is 0 Å². The number of rotatable bonds is 0. The number of benzene rings is 3. The van der Waals surface area contributed by atoms with Crippen LogP contribution < -0.4 is 0 Å². The standard InChI is InChI=1S/C37H22N3O4.Ir/c41-34-22-7-1-8-23(19-22)35(42)25-10-3-12-27(21-25)36(43,26-11-2-9-24(34)20-26)30-15-6-18-33(40-30)37(44,31-16-4-13-28(34)38-31)32-17-5-14-29(35)39-32;/h1-18,41-44H;/q-3;+3. The normalized spacial score (nSPS) is 26.4. The molecule has 16 bridgehead atoms. The van der Waals surface area contributed by atoms with E-state index in [1.807, 2.05) is 0 Å². The first kappa shape index (κ1) is 28.1. The van der Waals surface area contributed by atoms with Gasteiger partial charge in [0.05, 0.1) is 34.2 Å². The molecule has 218 valence electrons. The summed E-state index contributed by atoms with van der Waals surface area (Å²) in [5.74, 6) is 0. The first-order chi connectivity index (χ1) is 21.3. The maximum Gasteiger partial charge on any atom is 3.00 e. The molecule has 10 rings (SSSR count). The number of hydrogen-bond donors (Lipinski definition) is 4. The fourth-order valence-electron chi connectivity index (χ4n) is 6.84. The maximum atomic E-state index is 12.9. The Morgan fingerprint density at radius 2 is 0.533 bits per heavy atom. The molecule has 0 fully saturated rings. The van der Waals surface area contributed by atoms with E-state index in [1.54, 1.807) is 109 Å². The van der Waals surface area contributed by atoms with Gasteiger partial charge in [-0.15, -0.1) is 33.4 Å². The summed E-state index contributed by atoms with van der Waals surface area (Å²) in [7, 11) is 0. The molecule has 0 saturated heterocycles. The number of pyridine rings is 3. The third-order valence-corrected chi connectivity index (χ3v) is 9.20. The van der Waals surface area contributed by atoms with Crippen LogP contribution in [0.25, 0.3) is 0 Å². The summed E-state index contributed by atoms with van der Waals surface area (Å²) < 4.78 is 0. The molecule has 0 radical (unpaired) electrons. The quantitative estimate of drug-likeness (QED) is 0.175. The van der Waals surface area contributed by atoms with Crippen molar-refractivity contribution >= 4 is 0 Å². The summed E-state index contributed by atoms with van der Waals surface area (Å²) in [5, 5.41) is 51.7. The Morgan fingerprint density at radius 1 is 0.333 bits per heavy atom. The summed E-state index contributed by atoms with van der Waals surface area (Å²) in [5.41, 5.74) is -5.33. The van der Waals surface area contributed by atoms with Crippen molar-refractivity contribution in [1.29, 1.82) is 0 Å². The molecular formula is C37H22IrN3O4. The smallest absolute Gasteiger partial charge is 0.379 e. The van der Waals surface area contributed by atoms with E-state index in [2.05, 4.69) is 18.2 Å². The van der Waals surface area contributed by atoms with Crippen LogP contribution in [0.3, 0.4) is 0 Å². The van der Waals surface area contributed by atoms with Crippen LogP contribution in [-0.2, 0) is 42.5 Å². The summed E-state index contributed by atoms with van der Waals surface area (Å²) in [4.78, 5) is 14.7. The van der Waals surface area contributed by atoms with E-state index < -0.39 is 22.4 Å². The Hall–Kier alpha value is -4.40. The van der Waals surface area contributed by atoms with E-state index in [9.17, 15) is 20.4 Å². The molecule has 0 saturated carbocycles. The summed E-state index contributed by atoms with van der Waals surface area (Å²) >= 11 is 0. The number of hydrogen-bond acceptors (Lipinski definition) is 7. The molecule has 4 N–H and O–H groups in total. The Bertz CT molecular complexity index is 1660. The van der Waals surface area contributed by atoms with Gasteiger partial charge in [0.1, 0.15) is 16.8 Å². The summed E-state index contributed by atoms with van der Waals surface area (Å²) in [6.45, 7) is 0. The second-order valence-corrected chi connectivity index (χ2v) is 11.5. The molecule has 6 aromatic rings. The molecule has 6 heterocycles. The van der Waals surface area contributed by atoms with Crippen molar-refractivity contribution in [2.75, 3.05) is 0 Å². The van der Waals surface area contributed by atoms with Gasteiger partial charge >= 0.3 is 20.1 Å². The van der Waals surface area contributed by atoms with Gasteiger partial charge in [-0.25, -0.2) is 0 Å². The van der Waals surface area contributed by atoms with Gasteiger partial charge < -0.3 is 20.4 Å². The zero-order chi connectivity index (χ0) is 29.9. The van der Waals surface area contributed by atoms with Crippen molar-refractivity contribution in [3.8, 4) is 0 Å². The maximum absolute atomic E-state index is 12.9. The molecule has 0 spiro atoms. The van der Waals surface area contributed by atoms with Crippen LogP contribution in [-0.4, -0.2) is 35.4 Å². The predicted octanol–water partition coefficient (Wildman–Crippen LogP) is 3.35. The van der Waals surface area contributed by atoms with E-state index in [4.69, 9.17) is 15.0 Å². The largest absolute Gasteiger partial charge is 3.00 e. The summed E-state index contributed by atoms with van der Waals surface area (Å²) in [6.07, 6.45) is 0. The fraction of sp³-hybridized carbons (Fsp3) is 0.108. The van der Waals surface area contributed by atoms with Crippen molar-refractivity contribution in [1.82, 2.24) is 15.0 Å². The minimum Gasteiger partial charge on any atom is -0.379 e. The SMILES string of the molecule is OC12c3[c-]c(ccc3)C3(O)c4[c-]c(ccc4)C(O)(c4[c-]c1ccc4)c1cccc(n1)C(O)(c1cccc2n1)c1cccc3n1.[Ir+3]. The van der Waals surface area contributed by atoms with E-state index in [0.717, 1.165) is 0 Å². The Balaban J connectivity index is 0.00000300. The summed E-state index contributed by atoms with van der Waals surface area (Å²) in [6, 6.07) is 40.4. The Labute approximate surface area is 271 Å². The first-order valence-electron chi connectivity index (χ1n) is 14.2. The number of aromatic nitrogens is 3. The molecule has 0 unspecified atom stereocenters. The Morgan fingerprint density at radius 3 is 0.778 bits per heavy atom. The Kier molecular flexibility index (Phi) is 5.81. The van der Waals surface area contributed by atoms with Crippen LogP contribution in [0.5, 0.6) is 0 Å². The molecular weight excluding hydrogens is 743 g/mol. The molecule has 7 nitrogen and oxygen atoms in total. The zero-order valence-electron chi connectivity index (χ0n) is 23.4. The molecule has 3 aliphatic heterocycles. The van der Waals surface area contributed by atoms with E-state index in [-0.39, 0.29) is 87.6 Å². The third kappa shape index (κ3) is 3.44. The fourth-order valence-corrected chi connectivity index (χ4v) is 6.84. The van der Waals surface area contributed by atoms with Crippen molar-refractivity contribution in [3.05, 3.63) is 195 Å². The number of nitrogens with zero attached hydrogens (tertiary/aromatic N) is 3. The average Bonchev–Trinajstić information content (AvgIpc) is 3.09. The number of aliphatic hydroxyl groups is 4. The second-order valence-electron chi connectivity index (χ2n) is 11.5. The minimum absolute atomic E-state index is 0. The zero-order valence-corrected chi connectivity index (χ0v) is 25.8.